The van der Waals surface area contributed by atoms with E-state index in [4.69, 9.17) is 0 Å². The maximum absolute atomic E-state index is 12.5. The molecule has 4 nitrogen and oxygen atoms in total. The molecular formula is C15H25NO3S. The van der Waals surface area contributed by atoms with Gasteiger partial charge in [-0.05, 0) is 19.3 Å². The highest BCUT2D eigenvalue weighted by molar-refractivity contribution is 8.00. The topological polar surface area (TPSA) is 57.6 Å². The van der Waals surface area contributed by atoms with E-state index in [-0.39, 0.29) is 17.1 Å². The summed E-state index contributed by atoms with van der Waals surface area (Å²) in [5.74, 6) is 0.194. The van der Waals surface area contributed by atoms with Gasteiger partial charge in [0.1, 0.15) is 0 Å². The molecule has 114 valence electrons. The van der Waals surface area contributed by atoms with Crippen molar-refractivity contribution in [3.63, 3.8) is 0 Å². The number of carbonyl (C=O) groups is 2. The molecule has 20 heavy (non-hydrogen) atoms. The van der Waals surface area contributed by atoms with E-state index in [2.05, 4.69) is 13.8 Å². The van der Waals surface area contributed by atoms with Crippen molar-refractivity contribution < 1.29 is 14.7 Å². The maximum Gasteiger partial charge on any atom is 0.310 e. The van der Waals surface area contributed by atoms with E-state index >= 15 is 0 Å². The third-order valence-corrected chi connectivity index (χ3v) is 6.07. The quantitative estimate of drug-likeness (QED) is 0.870. The lowest BCUT2D eigenvalue weighted by Gasteiger charge is -2.28. The van der Waals surface area contributed by atoms with Crippen LogP contribution in [-0.4, -0.2) is 45.5 Å². The number of carboxylic acids is 1. The number of aliphatic carboxylic acids is 1. The van der Waals surface area contributed by atoms with Gasteiger partial charge in [0, 0.05) is 30.0 Å². The highest BCUT2D eigenvalue weighted by atomic mass is 32.2. The van der Waals surface area contributed by atoms with Gasteiger partial charge in [0.05, 0.1) is 5.41 Å². The van der Waals surface area contributed by atoms with Crippen LogP contribution in [-0.2, 0) is 9.59 Å². The monoisotopic (exact) mass is 299 g/mol. The third-order valence-electron chi connectivity index (χ3n) is 4.69. The number of hydrogen-bond donors (Lipinski definition) is 1. The zero-order valence-corrected chi connectivity index (χ0v) is 13.3. The van der Waals surface area contributed by atoms with E-state index in [0.29, 0.717) is 12.8 Å². The summed E-state index contributed by atoms with van der Waals surface area (Å²) in [4.78, 5) is 25.9. The minimum atomic E-state index is -0.786. The molecule has 0 radical (unpaired) electrons. The highest BCUT2D eigenvalue weighted by Gasteiger charge is 2.44. The summed E-state index contributed by atoms with van der Waals surface area (Å²) in [5.41, 5.74) is -0.786. The van der Waals surface area contributed by atoms with Crippen molar-refractivity contribution in [1.29, 1.82) is 0 Å². The Kier molecular flexibility index (Phi) is 4.67. The molecule has 1 aliphatic heterocycles. The predicted octanol–water partition coefficient (Wildman–Crippen LogP) is 2.77. The molecule has 5 heteroatoms. The fourth-order valence-electron chi connectivity index (χ4n) is 3.19. The van der Waals surface area contributed by atoms with Gasteiger partial charge in [0.15, 0.2) is 0 Å². The van der Waals surface area contributed by atoms with Crippen molar-refractivity contribution in [2.75, 3.05) is 18.8 Å². The van der Waals surface area contributed by atoms with Crippen molar-refractivity contribution in [2.24, 2.45) is 5.41 Å². The number of hydrogen-bond acceptors (Lipinski definition) is 3. The molecule has 2 aliphatic rings. The number of nitrogens with zero attached hydrogens (tertiary/aromatic N) is 1. The summed E-state index contributed by atoms with van der Waals surface area (Å²) in [6.07, 6.45) is 4.34. The van der Waals surface area contributed by atoms with Gasteiger partial charge in [-0.2, -0.15) is 11.8 Å². The van der Waals surface area contributed by atoms with Gasteiger partial charge in [-0.1, -0.05) is 26.7 Å². The van der Waals surface area contributed by atoms with Crippen molar-refractivity contribution >= 4 is 23.6 Å². The highest BCUT2D eigenvalue weighted by Crippen LogP contribution is 2.42. The normalized spacial score (nSPS) is 25.2. The summed E-state index contributed by atoms with van der Waals surface area (Å²) >= 11 is 1.90. The summed E-state index contributed by atoms with van der Waals surface area (Å²) in [7, 11) is 0. The molecule has 0 atom stereocenters. The van der Waals surface area contributed by atoms with Crippen LogP contribution in [0.2, 0.25) is 0 Å². The Hall–Kier alpha value is -0.710. The minimum absolute atomic E-state index is 0.0348. The first kappa shape index (κ1) is 15.7. The molecule has 1 saturated heterocycles. The fourth-order valence-corrected chi connectivity index (χ4v) is 4.29. The van der Waals surface area contributed by atoms with Gasteiger partial charge in [-0.25, -0.2) is 0 Å². The molecule has 0 unspecified atom stereocenters. The second-order valence-corrected chi connectivity index (χ2v) is 8.51. The molecule has 0 aromatic rings. The summed E-state index contributed by atoms with van der Waals surface area (Å²) in [6, 6.07) is 0. The molecule has 2 fully saturated rings. The van der Waals surface area contributed by atoms with Crippen LogP contribution < -0.4 is 0 Å². The average molecular weight is 299 g/mol. The van der Waals surface area contributed by atoms with Crippen LogP contribution in [0.15, 0.2) is 0 Å². The van der Waals surface area contributed by atoms with E-state index in [1.54, 1.807) is 0 Å². The molecule has 0 aromatic carbocycles. The molecule has 1 heterocycles. The summed E-state index contributed by atoms with van der Waals surface area (Å²) in [6.45, 7) is 5.93. The van der Waals surface area contributed by atoms with Gasteiger partial charge in [-0.3, -0.25) is 9.59 Å². The smallest absolute Gasteiger partial charge is 0.310 e. The molecule has 1 aliphatic carbocycles. The van der Waals surface area contributed by atoms with Crippen LogP contribution in [0, 0.1) is 5.41 Å². The van der Waals surface area contributed by atoms with Gasteiger partial charge >= 0.3 is 5.97 Å². The largest absolute Gasteiger partial charge is 0.481 e. The zero-order chi connectivity index (χ0) is 14.8. The number of carbonyl (C=O) groups excluding carboxylic acids is 1. The zero-order valence-electron chi connectivity index (χ0n) is 12.5. The minimum Gasteiger partial charge on any atom is -0.481 e. The Bertz CT molecular complexity index is 389. The Morgan fingerprint density at radius 2 is 1.80 bits per heavy atom. The fraction of sp³-hybridized carbons (Fsp3) is 0.867. The number of carboxylic acid groups (broad SMARTS) is 1. The molecule has 2 rings (SSSR count). The van der Waals surface area contributed by atoms with E-state index < -0.39 is 11.4 Å². The molecular weight excluding hydrogens is 274 g/mol. The molecule has 1 amide bonds. The van der Waals surface area contributed by atoms with Crippen molar-refractivity contribution in [2.45, 2.75) is 57.1 Å². The Labute approximate surface area is 125 Å². The molecule has 0 spiro atoms. The van der Waals surface area contributed by atoms with Crippen molar-refractivity contribution in [1.82, 2.24) is 4.90 Å². The lowest BCUT2D eigenvalue weighted by atomic mass is 9.82. The molecule has 1 N–H and O–H groups in total. The second kappa shape index (κ2) is 5.96. The Balaban J connectivity index is 1.99. The summed E-state index contributed by atoms with van der Waals surface area (Å²) < 4.78 is 0.215. The maximum atomic E-state index is 12.5. The first-order chi connectivity index (χ1) is 9.35. The van der Waals surface area contributed by atoms with E-state index in [1.807, 2.05) is 16.7 Å². The van der Waals surface area contributed by atoms with Crippen LogP contribution in [0.1, 0.15) is 52.4 Å². The summed E-state index contributed by atoms with van der Waals surface area (Å²) in [5, 5.41) is 9.47. The SMILES string of the molecule is CC1(C)CCN(C(=O)CC2(C(=O)O)CCCC2)CCS1. The number of amides is 1. The van der Waals surface area contributed by atoms with Crippen LogP contribution >= 0.6 is 11.8 Å². The first-order valence-electron chi connectivity index (χ1n) is 7.50. The van der Waals surface area contributed by atoms with Gasteiger partial charge in [0.25, 0.3) is 0 Å². The van der Waals surface area contributed by atoms with Gasteiger partial charge in [0.2, 0.25) is 5.91 Å². The van der Waals surface area contributed by atoms with Gasteiger partial charge in [-0.15, -0.1) is 0 Å². The van der Waals surface area contributed by atoms with Crippen LogP contribution in [0.4, 0.5) is 0 Å². The lowest BCUT2D eigenvalue weighted by Crippen LogP contribution is -2.39. The molecule has 0 aromatic heterocycles. The van der Waals surface area contributed by atoms with Crippen molar-refractivity contribution in [3.05, 3.63) is 0 Å². The molecule has 1 saturated carbocycles. The number of rotatable bonds is 3. The predicted molar refractivity (Wildman–Crippen MR) is 80.9 cm³/mol. The van der Waals surface area contributed by atoms with Crippen molar-refractivity contribution in [3.8, 4) is 0 Å². The Morgan fingerprint density at radius 1 is 1.15 bits per heavy atom. The van der Waals surface area contributed by atoms with E-state index in [0.717, 1.165) is 38.1 Å². The van der Waals surface area contributed by atoms with Crippen LogP contribution in [0.25, 0.3) is 0 Å². The average Bonchev–Trinajstić information content (AvgIpc) is 2.75. The van der Waals surface area contributed by atoms with E-state index in [1.165, 1.54) is 0 Å². The van der Waals surface area contributed by atoms with Gasteiger partial charge < -0.3 is 10.0 Å². The third kappa shape index (κ3) is 3.48. The standard InChI is InChI=1S/C15H25NO3S/c1-14(2)7-8-16(9-10-20-14)12(17)11-15(13(18)19)5-3-4-6-15/h3-11H2,1-2H3,(H,18,19). The Morgan fingerprint density at radius 3 is 2.40 bits per heavy atom. The first-order valence-corrected chi connectivity index (χ1v) is 8.48. The van der Waals surface area contributed by atoms with Crippen LogP contribution in [0.5, 0.6) is 0 Å². The number of thioether (sulfide) groups is 1. The lowest BCUT2D eigenvalue weighted by molar-refractivity contribution is -0.153. The van der Waals surface area contributed by atoms with Crippen LogP contribution in [0.3, 0.4) is 0 Å². The second-order valence-electron chi connectivity index (χ2n) is 6.71. The van der Waals surface area contributed by atoms with E-state index in [9.17, 15) is 14.7 Å². The molecule has 0 bridgehead atoms.